The van der Waals surface area contributed by atoms with E-state index in [4.69, 9.17) is 11.5 Å². The van der Waals surface area contributed by atoms with Crippen molar-refractivity contribution in [2.45, 2.75) is 19.3 Å². The van der Waals surface area contributed by atoms with Gasteiger partial charge in [-0.1, -0.05) is 0 Å². The molecule has 0 spiro atoms. The predicted octanol–water partition coefficient (Wildman–Crippen LogP) is -1.28. The van der Waals surface area contributed by atoms with Gasteiger partial charge in [-0.3, -0.25) is 9.59 Å². The summed E-state index contributed by atoms with van der Waals surface area (Å²) in [5, 5.41) is 2.59. The highest BCUT2D eigenvalue weighted by Crippen LogP contribution is 1.93. The quantitative estimate of drug-likeness (QED) is 0.466. The molecule has 0 unspecified atom stereocenters. The molecule has 12 heavy (non-hydrogen) atoms. The van der Waals surface area contributed by atoms with E-state index in [2.05, 4.69) is 5.32 Å². The second kappa shape index (κ2) is 6.60. The van der Waals surface area contributed by atoms with E-state index in [-0.39, 0.29) is 18.2 Å². The lowest BCUT2D eigenvalue weighted by atomic mass is 10.2. The summed E-state index contributed by atoms with van der Waals surface area (Å²) in [6.45, 7) is 0.914. The van der Waals surface area contributed by atoms with Crippen LogP contribution in [0, 0.1) is 0 Å². The average Bonchev–Trinajstić information content (AvgIpc) is 2.00. The van der Waals surface area contributed by atoms with Gasteiger partial charge in [-0.2, -0.15) is 0 Å². The highest BCUT2D eigenvalue weighted by atomic mass is 16.2. The first kappa shape index (κ1) is 10.9. The van der Waals surface area contributed by atoms with E-state index in [9.17, 15) is 9.59 Å². The third-order valence-corrected chi connectivity index (χ3v) is 1.29. The molecule has 0 radical (unpaired) electrons. The smallest absolute Gasteiger partial charge is 0.220 e. The van der Waals surface area contributed by atoms with Crippen LogP contribution in [0.2, 0.25) is 0 Å². The predicted molar refractivity (Wildman–Crippen MR) is 45.1 cm³/mol. The zero-order chi connectivity index (χ0) is 9.40. The molecule has 0 saturated carbocycles. The van der Waals surface area contributed by atoms with Gasteiger partial charge in [-0.25, -0.2) is 0 Å². The number of rotatable bonds is 6. The van der Waals surface area contributed by atoms with Crippen LogP contribution in [0.3, 0.4) is 0 Å². The van der Waals surface area contributed by atoms with Gasteiger partial charge in [-0.15, -0.1) is 0 Å². The molecule has 0 heterocycles. The molecule has 0 rings (SSSR count). The molecule has 2 amide bonds. The van der Waals surface area contributed by atoms with Gasteiger partial charge in [-0.05, 0) is 6.42 Å². The second-order valence-electron chi connectivity index (χ2n) is 2.46. The van der Waals surface area contributed by atoms with E-state index in [0.29, 0.717) is 25.9 Å². The highest BCUT2D eigenvalue weighted by Gasteiger charge is 2.00. The fourth-order valence-electron chi connectivity index (χ4n) is 0.723. The third-order valence-electron chi connectivity index (χ3n) is 1.29. The van der Waals surface area contributed by atoms with Gasteiger partial charge in [0.15, 0.2) is 0 Å². The summed E-state index contributed by atoms with van der Waals surface area (Å²) in [6.07, 6.45) is 1.10. The Balaban J connectivity index is 3.25. The van der Waals surface area contributed by atoms with Crippen molar-refractivity contribution in [1.82, 2.24) is 5.32 Å². The maximum absolute atomic E-state index is 10.9. The maximum Gasteiger partial charge on any atom is 0.220 e. The lowest BCUT2D eigenvalue weighted by Gasteiger charge is -2.01. The van der Waals surface area contributed by atoms with Crippen molar-refractivity contribution in [3.8, 4) is 0 Å². The fourth-order valence-corrected chi connectivity index (χ4v) is 0.723. The van der Waals surface area contributed by atoms with Gasteiger partial charge in [0.2, 0.25) is 11.8 Å². The van der Waals surface area contributed by atoms with Gasteiger partial charge in [0.25, 0.3) is 0 Å². The van der Waals surface area contributed by atoms with Crippen molar-refractivity contribution in [3.63, 3.8) is 0 Å². The second-order valence-corrected chi connectivity index (χ2v) is 2.46. The minimum atomic E-state index is -0.373. The van der Waals surface area contributed by atoms with Crippen LogP contribution in [-0.4, -0.2) is 24.9 Å². The number of nitrogens with one attached hydrogen (secondary N) is 1. The molecular weight excluding hydrogens is 158 g/mol. The molecule has 0 aromatic heterocycles. The van der Waals surface area contributed by atoms with Crippen LogP contribution < -0.4 is 16.8 Å². The Morgan fingerprint density at radius 1 is 1.25 bits per heavy atom. The summed E-state index contributed by atoms with van der Waals surface area (Å²) in [4.78, 5) is 21.1. The summed E-state index contributed by atoms with van der Waals surface area (Å²) >= 11 is 0. The maximum atomic E-state index is 10.9. The van der Waals surface area contributed by atoms with Gasteiger partial charge < -0.3 is 16.8 Å². The number of amides is 2. The van der Waals surface area contributed by atoms with Gasteiger partial charge >= 0.3 is 0 Å². The Morgan fingerprint density at radius 2 is 1.92 bits per heavy atom. The molecule has 0 fully saturated rings. The van der Waals surface area contributed by atoms with Crippen molar-refractivity contribution >= 4 is 11.8 Å². The minimum Gasteiger partial charge on any atom is -0.370 e. The summed E-state index contributed by atoms with van der Waals surface area (Å²) < 4.78 is 0. The first-order chi connectivity index (χ1) is 5.66. The van der Waals surface area contributed by atoms with Crippen LogP contribution in [-0.2, 0) is 9.59 Å². The molecule has 0 saturated heterocycles. The van der Waals surface area contributed by atoms with Crippen molar-refractivity contribution in [2.75, 3.05) is 13.1 Å². The fraction of sp³-hybridized carbons (Fsp3) is 0.714. The van der Waals surface area contributed by atoms with E-state index in [0.717, 1.165) is 0 Å². The molecule has 0 aromatic rings. The lowest BCUT2D eigenvalue weighted by molar-refractivity contribution is -0.121. The highest BCUT2D eigenvalue weighted by molar-refractivity contribution is 5.77. The first-order valence-electron chi connectivity index (χ1n) is 3.92. The van der Waals surface area contributed by atoms with E-state index >= 15 is 0 Å². The van der Waals surface area contributed by atoms with E-state index in [1.165, 1.54) is 0 Å². The molecular formula is C7H15N3O2. The van der Waals surface area contributed by atoms with Crippen LogP contribution in [0.5, 0.6) is 0 Å². The SMILES string of the molecule is NCCNC(=O)CCCC(N)=O. The topological polar surface area (TPSA) is 98.2 Å². The zero-order valence-corrected chi connectivity index (χ0v) is 7.01. The van der Waals surface area contributed by atoms with Crippen LogP contribution in [0.25, 0.3) is 0 Å². The molecule has 0 aliphatic rings. The van der Waals surface area contributed by atoms with E-state index in [1.807, 2.05) is 0 Å². The summed E-state index contributed by atoms with van der Waals surface area (Å²) in [7, 11) is 0. The van der Waals surface area contributed by atoms with E-state index < -0.39 is 0 Å². The van der Waals surface area contributed by atoms with Gasteiger partial charge in [0, 0.05) is 25.9 Å². The first-order valence-corrected chi connectivity index (χ1v) is 3.92. The standard InChI is InChI=1S/C7H15N3O2/c8-4-5-10-7(12)3-1-2-6(9)11/h1-5,8H2,(H2,9,11)(H,10,12). The Labute approximate surface area is 71.5 Å². The van der Waals surface area contributed by atoms with Crippen LogP contribution in [0.4, 0.5) is 0 Å². The molecule has 0 aliphatic carbocycles. The zero-order valence-electron chi connectivity index (χ0n) is 7.01. The number of hydrogen-bond donors (Lipinski definition) is 3. The third kappa shape index (κ3) is 7.01. The van der Waals surface area contributed by atoms with Crippen molar-refractivity contribution in [2.24, 2.45) is 11.5 Å². The van der Waals surface area contributed by atoms with Gasteiger partial charge in [0.1, 0.15) is 0 Å². The molecule has 5 heteroatoms. The van der Waals surface area contributed by atoms with Crippen molar-refractivity contribution in [3.05, 3.63) is 0 Å². The Bertz CT molecular complexity index is 159. The largest absolute Gasteiger partial charge is 0.370 e. The van der Waals surface area contributed by atoms with Crippen LogP contribution in [0.1, 0.15) is 19.3 Å². The summed E-state index contributed by atoms with van der Waals surface area (Å²) in [5.41, 5.74) is 10.1. The van der Waals surface area contributed by atoms with Crippen molar-refractivity contribution < 1.29 is 9.59 Å². The van der Waals surface area contributed by atoms with Gasteiger partial charge in [0.05, 0.1) is 0 Å². The van der Waals surface area contributed by atoms with Crippen molar-refractivity contribution in [1.29, 1.82) is 0 Å². The minimum absolute atomic E-state index is 0.0818. The monoisotopic (exact) mass is 173 g/mol. The molecule has 70 valence electrons. The Kier molecular flexibility index (Phi) is 6.00. The molecule has 0 aromatic carbocycles. The van der Waals surface area contributed by atoms with E-state index in [1.54, 1.807) is 0 Å². The number of primary amides is 1. The Hall–Kier alpha value is -1.10. The number of hydrogen-bond acceptors (Lipinski definition) is 3. The lowest BCUT2D eigenvalue weighted by Crippen LogP contribution is -2.28. The number of carbonyl (C=O) groups is 2. The summed E-state index contributed by atoms with van der Waals surface area (Å²) in [5.74, 6) is -0.455. The summed E-state index contributed by atoms with van der Waals surface area (Å²) in [6, 6.07) is 0. The molecule has 5 nitrogen and oxygen atoms in total. The normalized spacial score (nSPS) is 9.42. The molecule has 5 N–H and O–H groups in total. The number of carbonyl (C=O) groups excluding carboxylic acids is 2. The van der Waals surface area contributed by atoms with Crippen LogP contribution >= 0.6 is 0 Å². The molecule has 0 atom stereocenters. The molecule has 0 bridgehead atoms. The van der Waals surface area contributed by atoms with Crippen LogP contribution in [0.15, 0.2) is 0 Å². The molecule has 0 aliphatic heterocycles. The average molecular weight is 173 g/mol. The number of nitrogens with two attached hydrogens (primary N) is 2. The Morgan fingerprint density at radius 3 is 2.42 bits per heavy atom.